The van der Waals surface area contributed by atoms with Crippen molar-refractivity contribution in [3.05, 3.63) is 83.9 Å². The maximum Gasteiger partial charge on any atom is 0.261 e. The van der Waals surface area contributed by atoms with Crippen LogP contribution >= 0.6 is 0 Å². The summed E-state index contributed by atoms with van der Waals surface area (Å²) in [7, 11) is -3.76. The second kappa shape index (κ2) is 9.84. The molecule has 0 aliphatic carbocycles. The zero-order valence-electron chi connectivity index (χ0n) is 18.6. The Morgan fingerprint density at radius 1 is 1.03 bits per heavy atom. The van der Waals surface area contributed by atoms with Gasteiger partial charge < -0.3 is 9.84 Å². The Hall–Kier alpha value is -4.05. The molecule has 10 heteroatoms. The van der Waals surface area contributed by atoms with Gasteiger partial charge in [-0.2, -0.15) is 4.98 Å². The van der Waals surface area contributed by atoms with Crippen LogP contribution in [0.2, 0.25) is 0 Å². The van der Waals surface area contributed by atoms with Crippen LogP contribution in [-0.2, 0) is 21.2 Å². The molecule has 0 atom stereocenters. The average molecular weight is 478 g/mol. The van der Waals surface area contributed by atoms with E-state index in [9.17, 15) is 13.2 Å². The number of carbonyl (C=O) groups excluding carboxylic acids is 1. The number of nitrogens with one attached hydrogen (secondary N) is 2. The molecule has 0 spiro atoms. The van der Waals surface area contributed by atoms with Crippen molar-refractivity contribution >= 4 is 27.3 Å². The van der Waals surface area contributed by atoms with Crippen LogP contribution in [0.25, 0.3) is 11.5 Å². The summed E-state index contributed by atoms with van der Waals surface area (Å²) in [4.78, 5) is 20.8. The van der Waals surface area contributed by atoms with Gasteiger partial charge in [-0.15, -0.1) is 0 Å². The first kappa shape index (κ1) is 23.1. The summed E-state index contributed by atoms with van der Waals surface area (Å²) in [6.07, 6.45) is 2.02. The van der Waals surface area contributed by atoms with E-state index in [-0.39, 0.29) is 23.6 Å². The number of hydrogen-bond acceptors (Lipinski definition) is 7. The lowest BCUT2D eigenvalue weighted by atomic mass is 10.1. The molecule has 9 nitrogen and oxygen atoms in total. The highest BCUT2D eigenvalue weighted by Crippen LogP contribution is 2.22. The fraction of sp³-hybridized carbons (Fsp3) is 0.167. The van der Waals surface area contributed by atoms with Crippen LogP contribution in [0.1, 0.15) is 23.4 Å². The quantitative estimate of drug-likeness (QED) is 0.391. The first-order chi connectivity index (χ1) is 16.3. The van der Waals surface area contributed by atoms with E-state index < -0.39 is 10.0 Å². The Morgan fingerprint density at radius 3 is 2.53 bits per heavy atom. The van der Waals surface area contributed by atoms with Crippen molar-refractivity contribution in [2.45, 2.75) is 31.6 Å². The summed E-state index contributed by atoms with van der Waals surface area (Å²) in [5, 5.41) is 6.62. The van der Waals surface area contributed by atoms with Crippen molar-refractivity contribution in [1.29, 1.82) is 0 Å². The molecule has 0 fully saturated rings. The van der Waals surface area contributed by atoms with Crippen LogP contribution in [-0.4, -0.2) is 29.4 Å². The summed E-state index contributed by atoms with van der Waals surface area (Å²) in [6.45, 7) is 3.79. The van der Waals surface area contributed by atoms with Crippen LogP contribution in [0.4, 0.5) is 11.4 Å². The summed E-state index contributed by atoms with van der Waals surface area (Å²) in [5.74, 6) is 0.429. The molecular formula is C24H23N5O4S. The molecule has 1 amide bonds. The molecule has 174 valence electrons. The van der Waals surface area contributed by atoms with Gasteiger partial charge in [-0.25, -0.2) is 8.42 Å². The molecule has 4 rings (SSSR count). The van der Waals surface area contributed by atoms with Crippen molar-refractivity contribution in [3.63, 3.8) is 0 Å². The number of pyridine rings is 1. The van der Waals surface area contributed by atoms with Gasteiger partial charge in [0.15, 0.2) is 0 Å². The van der Waals surface area contributed by atoms with Crippen LogP contribution in [0, 0.1) is 13.8 Å². The third kappa shape index (κ3) is 5.65. The number of carbonyl (C=O) groups is 1. The second-order valence-electron chi connectivity index (χ2n) is 7.72. The monoisotopic (exact) mass is 477 g/mol. The average Bonchev–Trinajstić information content (AvgIpc) is 3.30. The molecule has 0 saturated heterocycles. The normalized spacial score (nSPS) is 11.2. The largest absolute Gasteiger partial charge is 0.339 e. The maximum atomic E-state index is 12.7. The number of amides is 1. The van der Waals surface area contributed by atoms with Gasteiger partial charge in [0, 0.05) is 24.7 Å². The van der Waals surface area contributed by atoms with E-state index >= 15 is 0 Å². The Kier molecular flexibility index (Phi) is 6.69. The van der Waals surface area contributed by atoms with Crippen LogP contribution in [0.5, 0.6) is 0 Å². The first-order valence-corrected chi connectivity index (χ1v) is 12.0. The van der Waals surface area contributed by atoms with Crippen LogP contribution < -0.4 is 10.0 Å². The van der Waals surface area contributed by atoms with E-state index in [1.54, 1.807) is 36.5 Å². The number of sulfonamides is 1. The lowest BCUT2D eigenvalue weighted by Gasteiger charge is -2.12. The van der Waals surface area contributed by atoms with Gasteiger partial charge in [0.1, 0.15) is 5.69 Å². The summed E-state index contributed by atoms with van der Waals surface area (Å²) < 4.78 is 33.2. The third-order valence-corrected chi connectivity index (χ3v) is 6.38. The Morgan fingerprint density at radius 2 is 1.82 bits per heavy atom. The second-order valence-corrected chi connectivity index (χ2v) is 9.41. The molecule has 2 aromatic carbocycles. The number of hydrogen-bond donors (Lipinski definition) is 2. The molecule has 0 radical (unpaired) electrons. The number of aromatic nitrogens is 3. The van der Waals surface area contributed by atoms with E-state index in [2.05, 4.69) is 25.2 Å². The van der Waals surface area contributed by atoms with Gasteiger partial charge in [0.2, 0.25) is 17.6 Å². The minimum Gasteiger partial charge on any atom is -0.339 e. The van der Waals surface area contributed by atoms with Crippen molar-refractivity contribution in [3.8, 4) is 11.5 Å². The van der Waals surface area contributed by atoms with Gasteiger partial charge >= 0.3 is 0 Å². The van der Waals surface area contributed by atoms with Crippen LogP contribution in [0.3, 0.4) is 0 Å². The number of aryl methyl sites for hydroxylation is 3. The highest BCUT2D eigenvalue weighted by Gasteiger charge is 2.16. The fourth-order valence-corrected chi connectivity index (χ4v) is 4.38. The minimum absolute atomic E-state index is 0.0957. The highest BCUT2D eigenvalue weighted by molar-refractivity contribution is 7.92. The van der Waals surface area contributed by atoms with Gasteiger partial charge in [0.05, 0.1) is 10.6 Å². The van der Waals surface area contributed by atoms with Gasteiger partial charge in [0.25, 0.3) is 10.0 Å². The van der Waals surface area contributed by atoms with E-state index in [1.165, 1.54) is 12.1 Å². The van der Waals surface area contributed by atoms with Crippen molar-refractivity contribution < 1.29 is 17.7 Å². The maximum absolute atomic E-state index is 12.7. The predicted molar refractivity (Wildman–Crippen MR) is 128 cm³/mol. The van der Waals surface area contributed by atoms with E-state index in [1.807, 2.05) is 32.0 Å². The standard InChI is InChI=1S/C24H23N5O4S/c1-16-6-11-20(17(2)15-16)29-34(31,32)19-9-7-18(8-10-19)26-22(30)12-13-23-27-24(28-33-23)21-5-3-4-14-25-21/h3-11,14-15,29H,12-13H2,1-2H3,(H,26,30). The zero-order valence-corrected chi connectivity index (χ0v) is 19.5. The van der Waals surface area contributed by atoms with Crippen molar-refractivity contribution in [2.24, 2.45) is 0 Å². The fourth-order valence-electron chi connectivity index (χ4n) is 3.25. The number of rotatable bonds is 8. The Balaban J connectivity index is 1.33. The summed E-state index contributed by atoms with van der Waals surface area (Å²) in [6, 6.07) is 16.8. The van der Waals surface area contributed by atoms with Gasteiger partial charge in [-0.3, -0.25) is 14.5 Å². The molecule has 0 saturated carbocycles. The number of anilines is 2. The Labute approximate surface area is 197 Å². The number of benzene rings is 2. The SMILES string of the molecule is Cc1ccc(NS(=O)(=O)c2ccc(NC(=O)CCc3nc(-c4ccccn4)no3)cc2)c(C)c1. The highest BCUT2D eigenvalue weighted by atomic mass is 32.2. The van der Waals surface area contributed by atoms with E-state index in [0.717, 1.165) is 11.1 Å². The van der Waals surface area contributed by atoms with Crippen molar-refractivity contribution in [1.82, 2.24) is 15.1 Å². The minimum atomic E-state index is -3.76. The molecule has 34 heavy (non-hydrogen) atoms. The zero-order chi connectivity index (χ0) is 24.1. The van der Waals surface area contributed by atoms with Crippen LogP contribution in [0.15, 0.2) is 76.3 Å². The lowest BCUT2D eigenvalue weighted by molar-refractivity contribution is -0.116. The predicted octanol–water partition coefficient (Wildman–Crippen LogP) is 4.12. The lowest BCUT2D eigenvalue weighted by Crippen LogP contribution is -2.15. The molecule has 2 N–H and O–H groups in total. The molecule has 4 aromatic rings. The van der Waals surface area contributed by atoms with Crippen molar-refractivity contribution in [2.75, 3.05) is 10.0 Å². The smallest absolute Gasteiger partial charge is 0.261 e. The first-order valence-electron chi connectivity index (χ1n) is 10.5. The third-order valence-electron chi connectivity index (χ3n) is 5.00. The molecule has 2 heterocycles. The van der Waals surface area contributed by atoms with Gasteiger partial charge in [-0.1, -0.05) is 28.9 Å². The summed E-state index contributed by atoms with van der Waals surface area (Å²) in [5.41, 5.74) is 3.48. The number of nitrogens with zero attached hydrogens (tertiary/aromatic N) is 3. The molecule has 0 bridgehead atoms. The topological polar surface area (TPSA) is 127 Å². The molecular weight excluding hydrogens is 454 g/mol. The molecule has 0 aliphatic rings. The molecule has 2 aromatic heterocycles. The molecule has 0 aliphatic heterocycles. The van der Waals surface area contributed by atoms with Gasteiger partial charge in [-0.05, 0) is 61.9 Å². The van der Waals surface area contributed by atoms with E-state index in [4.69, 9.17) is 4.52 Å². The van der Waals surface area contributed by atoms with E-state index in [0.29, 0.717) is 28.8 Å². The molecule has 0 unspecified atom stereocenters. The summed E-state index contributed by atoms with van der Waals surface area (Å²) >= 11 is 0. The Bertz CT molecular complexity index is 1400.